The molecule has 0 aliphatic heterocycles. The Morgan fingerprint density at radius 2 is 1.88 bits per heavy atom. The first-order valence-corrected chi connectivity index (χ1v) is 7.91. The van der Waals surface area contributed by atoms with Gasteiger partial charge in [0.1, 0.15) is 12.1 Å². The molecule has 0 bridgehead atoms. The molecule has 126 valence electrons. The molecule has 3 rings (SSSR count). The molecule has 2 aromatic heterocycles. The van der Waals surface area contributed by atoms with Crippen molar-refractivity contribution in [2.45, 2.75) is 20.3 Å². The van der Waals surface area contributed by atoms with Crippen LogP contribution in [0.5, 0.6) is 0 Å². The van der Waals surface area contributed by atoms with E-state index < -0.39 is 5.97 Å². The lowest BCUT2D eigenvalue weighted by molar-refractivity contribution is 0.0696. The number of anilines is 1. The first kappa shape index (κ1) is 16.6. The molecule has 0 aliphatic rings. The van der Waals surface area contributed by atoms with E-state index >= 15 is 0 Å². The summed E-state index contributed by atoms with van der Waals surface area (Å²) in [6.45, 7) is 3.80. The molecule has 0 fully saturated rings. The molecule has 6 nitrogen and oxygen atoms in total. The Balaban J connectivity index is 2.21. The number of carboxylic acids is 1. The normalized spacial score (nSPS) is 10.6. The molecule has 2 heterocycles. The van der Waals surface area contributed by atoms with Crippen LogP contribution >= 0.6 is 0 Å². The summed E-state index contributed by atoms with van der Waals surface area (Å²) in [5.41, 5.74) is 10.9. The summed E-state index contributed by atoms with van der Waals surface area (Å²) < 4.78 is 0. The molecule has 0 saturated heterocycles. The number of hydrogen-bond donors (Lipinski definition) is 2. The van der Waals surface area contributed by atoms with Gasteiger partial charge in [0.15, 0.2) is 0 Å². The van der Waals surface area contributed by atoms with Crippen molar-refractivity contribution < 1.29 is 9.90 Å². The van der Waals surface area contributed by atoms with Crippen molar-refractivity contribution in [2.75, 3.05) is 5.73 Å². The minimum Gasteiger partial charge on any atom is -0.478 e. The zero-order chi connectivity index (χ0) is 18.0. The average Bonchev–Trinajstić information content (AvgIpc) is 2.61. The lowest BCUT2D eigenvalue weighted by Crippen LogP contribution is -2.02. The third kappa shape index (κ3) is 3.19. The van der Waals surface area contributed by atoms with Gasteiger partial charge < -0.3 is 10.8 Å². The van der Waals surface area contributed by atoms with Gasteiger partial charge in [0.05, 0.1) is 17.0 Å². The van der Waals surface area contributed by atoms with Gasteiger partial charge in [0.2, 0.25) is 0 Å². The summed E-state index contributed by atoms with van der Waals surface area (Å²) >= 11 is 0. The van der Waals surface area contributed by atoms with E-state index in [1.54, 1.807) is 31.3 Å². The van der Waals surface area contributed by atoms with E-state index in [4.69, 9.17) is 5.73 Å². The van der Waals surface area contributed by atoms with Gasteiger partial charge >= 0.3 is 5.97 Å². The van der Waals surface area contributed by atoms with Crippen LogP contribution in [0.3, 0.4) is 0 Å². The number of nitrogens with two attached hydrogens (primary N) is 1. The molecule has 3 aromatic rings. The molecule has 0 saturated carbocycles. The highest BCUT2D eigenvalue weighted by Crippen LogP contribution is 2.33. The van der Waals surface area contributed by atoms with E-state index in [0.29, 0.717) is 11.4 Å². The zero-order valence-electron chi connectivity index (χ0n) is 14.0. The molecule has 25 heavy (non-hydrogen) atoms. The highest BCUT2D eigenvalue weighted by atomic mass is 16.4. The van der Waals surface area contributed by atoms with E-state index in [9.17, 15) is 9.90 Å². The quantitative estimate of drug-likeness (QED) is 0.758. The van der Waals surface area contributed by atoms with E-state index in [1.165, 1.54) is 6.33 Å². The Bertz CT molecular complexity index is 937. The second-order valence-electron chi connectivity index (χ2n) is 5.70. The van der Waals surface area contributed by atoms with Gasteiger partial charge in [0, 0.05) is 22.9 Å². The highest BCUT2D eigenvalue weighted by molar-refractivity contribution is 5.91. The van der Waals surface area contributed by atoms with Crippen LogP contribution in [0.1, 0.15) is 28.5 Å². The molecule has 0 radical (unpaired) electrons. The predicted octanol–water partition coefficient (Wildman–Crippen LogP) is 3.36. The molecule has 0 amide bonds. The molecule has 0 spiro atoms. The summed E-state index contributed by atoms with van der Waals surface area (Å²) in [4.78, 5) is 24.3. The summed E-state index contributed by atoms with van der Waals surface area (Å²) in [6.07, 6.45) is 3.97. The lowest BCUT2D eigenvalue weighted by Gasteiger charge is -2.13. The summed E-state index contributed by atoms with van der Waals surface area (Å²) in [5, 5.41) is 9.22. The Labute approximate surface area is 145 Å². The van der Waals surface area contributed by atoms with Crippen LogP contribution in [0.2, 0.25) is 0 Å². The Kier molecular flexibility index (Phi) is 4.43. The number of aromatic nitrogens is 3. The van der Waals surface area contributed by atoms with Crippen LogP contribution in [-0.4, -0.2) is 26.0 Å². The Hall–Kier alpha value is -3.28. The molecule has 0 aliphatic carbocycles. The van der Waals surface area contributed by atoms with Gasteiger partial charge in [-0.3, -0.25) is 0 Å². The van der Waals surface area contributed by atoms with Crippen molar-refractivity contribution in [3.63, 3.8) is 0 Å². The first-order valence-electron chi connectivity index (χ1n) is 7.91. The zero-order valence-corrected chi connectivity index (χ0v) is 14.0. The van der Waals surface area contributed by atoms with Crippen molar-refractivity contribution in [1.29, 1.82) is 0 Å². The Morgan fingerprint density at radius 3 is 2.48 bits per heavy atom. The fourth-order valence-corrected chi connectivity index (χ4v) is 2.82. The van der Waals surface area contributed by atoms with Crippen LogP contribution in [0.25, 0.3) is 22.4 Å². The van der Waals surface area contributed by atoms with Crippen molar-refractivity contribution >= 4 is 11.8 Å². The highest BCUT2D eigenvalue weighted by Gasteiger charge is 2.16. The number of aryl methyl sites for hydroxylation is 2. The van der Waals surface area contributed by atoms with Gasteiger partial charge in [-0.1, -0.05) is 13.0 Å². The smallest absolute Gasteiger partial charge is 0.335 e. The van der Waals surface area contributed by atoms with Crippen molar-refractivity contribution in [3.8, 4) is 22.4 Å². The standard InChI is InChI=1S/C19H18N4O2/c1-3-15-17(13-5-7-16(20)21-9-13)18(23-10-22-15)12-4-6-14(19(24)25)11(2)8-12/h4-10H,3H2,1-2H3,(H2,20,21)(H,24,25). The fourth-order valence-electron chi connectivity index (χ4n) is 2.82. The minimum atomic E-state index is -0.941. The predicted molar refractivity (Wildman–Crippen MR) is 96.2 cm³/mol. The molecule has 0 unspecified atom stereocenters. The van der Waals surface area contributed by atoms with Crippen LogP contribution in [-0.2, 0) is 6.42 Å². The number of aromatic carboxylic acids is 1. The van der Waals surface area contributed by atoms with Crippen LogP contribution in [0, 0.1) is 6.92 Å². The SMILES string of the molecule is CCc1ncnc(-c2ccc(C(=O)O)c(C)c2)c1-c1ccc(N)nc1. The van der Waals surface area contributed by atoms with E-state index in [-0.39, 0.29) is 5.56 Å². The maximum Gasteiger partial charge on any atom is 0.335 e. The minimum absolute atomic E-state index is 0.282. The fraction of sp³-hybridized carbons (Fsp3) is 0.158. The molecule has 3 N–H and O–H groups in total. The van der Waals surface area contributed by atoms with E-state index in [1.807, 2.05) is 19.1 Å². The van der Waals surface area contributed by atoms with Crippen LogP contribution in [0.15, 0.2) is 42.9 Å². The lowest BCUT2D eigenvalue weighted by atomic mass is 9.95. The van der Waals surface area contributed by atoms with Crippen molar-refractivity contribution in [3.05, 3.63) is 59.7 Å². The van der Waals surface area contributed by atoms with Crippen molar-refractivity contribution in [1.82, 2.24) is 15.0 Å². The van der Waals surface area contributed by atoms with Crippen LogP contribution < -0.4 is 5.73 Å². The maximum absolute atomic E-state index is 11.2. The second kappa shape index (κ2) is 6.68. The topological polar surface area (TPSA) is 102 Å². The van der Waals surface area contributed by atoms with Gasteiger partial charge in [-0.2, -0.15) is 0 Å². The second-order valence-corrected chi connectivity index (χ2v) is 5.70. The number of pyridine rings is 1. The number of benzene rings is 1. The summed E-state index contributed by atoms with van der Waals surface area (Å²) in [6, 6.07) is 8.84. The van der Waals surface area contributed by atoms with Crippen molar-refractivity contribution in [2.24, 2.45) is 0 Å². The monoisotopic (exact) mass is 334 g/mol. The van der Waals surface area contributed by atoms with Gasteiger partial charge in [0.25, 0.3) is 0 Å². The molecular weight excluding hydrogens is 316 g/mol. The first-order chi connectivity index (χ1) is 12.0. The number of rotatable bonds is 4. The van der Waals surface area contributed by atoms with Crippen LogP contribution in [0.4, 0.5) is 5.82 Å². The van der Waals surface area contributed by atoms with E-state index in [2.05, 4.69) is 15.0 Å². The molecule has 6 heteroatoms. The molecule has 1 aromatic carbocycles. The molecule has 0 atom stereocenters. The Morgan fingerprint density at radius 1 is 1.12 bits per heavy atom. The summed E-state index contributed by atoms with van der Waals surface area (Å²) in [5.74, 6) is -0.495. The molecular formula is C19H18N4O2. The van der Waals surface area contributed by atoms with Gasteiger partial charge in [-0.15, -0.1) is 0 Å². The largest absolute Gasteiger partial charge is 0.478 e. The van der Waals surface area contributed by atoms with Gasteiger partial charge in [-0.25, -0.2) is 19.7 Å². The third-order valence-electron chi connectivity index (χ3n) is 4.07. The number of hydrogen-bond acceptors (Lipinski definition) is 5. The number of nitrogen functional groups attached to an aromatic ring is 1. The number of carbonyl (C=O) groups is 1. The third-order valence-corrected chi connectivity index (χ3v) is 4.07. The van der Waals surface area contributed by atoms with E-state index in [0.717, 1.165) is 34.5 Å². The number of carboxylic acid groups (broad SMARTS) is 1. The maximum atomic E-state index is 11.2. The van der Waals surface area contributed by atoms with Gasteiger partial charge in [-0.05, 0) is 43.2 Å². The summed E-state index contributed by atoms with van der Waals surface area (Å²) in [7, 11) is 0. The average molecular weight is 334 g/mol. The number of nitrogens with zero attached hydrogens (tertiary/aromatic N) is 3.